The Bertz CT molecular complexity index is 801. The molecule has 0 radical (unpaired) electrons. The summed E-state index contributed by atoms with van der Waals surface area (Å²) in [4.78, 5) is 13.6. The van der Waals surface area contributed by atoms with Crippen LogP contribution in [0.4, 0.5) is 0 Å². The molecule has 8 nitrogen and oxygen atoms in total. The molecule has 122 valence electrons. The highest BCUT2D eigenvalue weighted by Gasteiger charge is 2.20. The second-order valence-corrected chi connectivity index (χ2v) is 6.38. The molecule has 0 fully saturated rings. The molecule has 2 aromatic rings. The largest absolute Gasteiger partial charge is 0.490 e. The Labute approximate surface area is 132 Å². The molecule has 3 rings (SSSR count). The third kappa shape index (κ3) is 3.46. The fraction of sp³-hybridized carbons (Fsp3) is 0.214. The summed E-state index contributed by atoms with van der Waals surface area (Å²) < 4.78 is 40.2. The van der Waals surface area contributed by atoms with E-state index in [1.807, 2.05) is 4.83 Å². The molecule has 1 aromatic heterocycles. The molecule has 0 atom stereocenters. The van der Waals surface area contributed by atoms with E-state index in [1.54, 1.807) is 0 Å². The van der Waals surface area contributed by atoms with Crippen molar-refractivity contribution in [2.75, 3.05) is 13.2 Å². The lowest BCUT2D eigenvalue weighted by molar-refractivity contribution is 0.0917. The lowest BCUT2D eigenvalue weighted by Crippen LogP contribution is -2.41. The number of fused-ring (bicyclic) bond motifs is 1. The normalized spacial score (nSPS) is 14.1. The van der Waals surface area contributed by atoms with Crippen LogP contribution in [0.5, 0.6) is 11.5 Å². The summed E-state index contributed by atoms with van der Waals surface area (Å²) in [6.45, 7) is 0.954. The van der Waals surface area contributed by atoms with Gasteiger partial charge in [0.2, 0.25) is 0 Å². The van der Waals surface area contributed by atoms with Crippen molar-refractivity contribution in [3.63, 3.8) is 0 Å². The van der Waals surface area contributed by atoms with Crippen LogP contribution in [0.1, 0.15) is 17.0 Å². The van der Waals surface area contributed by atoms with Crippen LogP contribution in [0.2, 0.25) is 0 Å². The van der Waals surface area contributed by atoms with Crippen molar-refractivity contribution in [2.45, 2.75) is 11.3 Å². The van der Waals surface area contributed by atoms with E-state index in [0.29, 0.717) is 31.1 Å². The standard InChI is InChI=1S/C14H14N2O6S/c17-14(12-3-1-6-21-12)15-16-23(18,19)10-4-5-11-13(9-10)22-8-2-7-20-11/h1,3-6,9,16H,2,7-8H2,(H,15,17). The van der Waals surface area contributed by atoms with E-state index in [1.165, 1.54) is 36.6 Å². The Hall–Kier alpha value is -2.52. The van der Waals surface area contributed by atoms with Crippen molar-refractivity contribution in [2.24, 2.45) is 0 Å². The number of ether oxygens (including phenoxy) is 2. The lowest BCUT2D eigenvalue weighted by Gasteiger charge is -2.11. The molecule has 9 heteroatoms. The highest BCUT2D eigenvalue weighted by molar-refractivity contribution is 7.89. The molecule has 0 bridgehead atoms. The second kappa shape index (κ2) is 6.31. The number of rotatable bonds is 4. The number of hydrogen-bond acceptors (Lipinski definition) is 6. The first-order valence-electron chi connectivity index (χ1n) is 6.81. The van der Waals surface area contributed by atoms with E-state index >= 15 is 0 Å². The van der Waals surface area contributed by atoms with Crippen molar-refractivity contribution >= 4 is 15.9 Å². The summed E-state index contributed by atoms with van der Waals surface area (Å²) in [5.41, 5.74) is 2.07. The number of furan rings is 1. The first-order valence-corrected chi connectivity index (χ1v) is 8.30. The summed E-state index contributed by atoms with van der Waals surface area (Å²) in [5, 5.41) is 0. The first-order chi connectivity index (χ1) is 11.1. The maximum atomic E-state index is 12.2. The van der Waals surface area contributed by atoms with Crippen LogP contribution in [0.3, 0.4) is 0 Å². The van der Waals surface area contributed by atoms with Crippen LogP contribution in [0, 0.1) is 0 Å². The van der Waals surface area contributed by atoms with Crippen LogP contribution in [-0.4, -0.2) is 27.5 Å². The molecule has 0 saturated heterocycles. The second-order valence-electron chi connectivity index (χ2n) is 4.70. The zero-order chi connectivity index (χ0) is 16.3. The van der Waals surface area contributed by atoms with Gasteiger partial charge in [-0.1, -0.05) is 0 Å². The molecular formula is C14H14N2O6S. The van der Waals surface area contributed by atoms with Gasteiger partial charge in [0, 0.05) is 12.5 Å². The van der Waals surface area contributed by atoms with Crippen LogP contribution >= 0.6 is 0 Å². The minimum absolute atomic E-state index is 0.00800. The Morgan fingerprint density at radius 1 is 1.09 bits per heavy atom. The fourth-order valence-corrected chi connectivity index (χ4v) is 2.81. The molecule has 1 aromatic carbocycles. The van der Waals surface area contributed by atoms with Gasteiger partial charge in [0.1, 0.15) is 0 Å². The van der Waals surface area contributed by atoms with Gasteiger partial charge in [-0.3, -0.25) is 10.2 Å². The summed E-state index contributed by atoms with van der Waals surface area (Å²) in [7, 11) is -3.95. The van der Waals surface area contributed by atoms with Gasteiger partial charge in [0.05, 0.1) is 24.4 Å². The Balaban J connectivity index is 1.74. The van der Waals surface area contributed by atoms with Gasteiger partial charge in [0.15, 0.2) is 17.3 Å². The lowest BCUT2D eigenvalue weighted by atomic mass is 10.3. The van der Waals surface area contributed by atoms with E-state index in [0.717, 1.165) is 0 Å². The van der Waals surface area contributed by atoms with Crippen LogP contribution < -0.4 is 19.7 Å². The molecule has 1 aliphatic rings. The summed E-state index contributed by atoms with van der Waals surface area (Å²) in [5.74, 6) is 0.128. The molecule has 0 unspecified atom stereocenters. The number of sulfonamides is 1. The van der Waals surface area contributed by atoms with Gasteiger partial charge in [0.25, 0.3) is 10.0 Å². The Kier molecular flexibility index (Phi) is 4.22. The third-order valence-electron chi connectivity index (χ3n) is 3.07. The number of benzene rings is 1. The average Bonchev–Trinajstić information content (AvgIpc) is 2.98. The summed E-state index contributed by atoms with van der Waals surface area (Å²) in [6.07, 6.45) is 2.03. The van der Waals surface area contributed by atoms with Gasteiger partial charge >= 0.3 is 5.91 Å². The molecule has 1 amide bonds. The van der Waals surface area contributed by atoms with Crippen LogP contribution in [0.25, 0.3) is 0 Å². The van der Waals surface area contributed by atoms with Gasteiger partial charge in [-0.15, -0.1) is 4.83 Å². The molecule has 0 spiro atoms. The number of carbonyl (C=O) groups is 1. The maximum absolute atomic E-state index is 12.2. The number of hydrazine groups is 1. The predicted molar refractivity (Wildman–Crippen MR) is 78.5 cm³/mol. The van der Waals surface area contributed by atoms with Gasteiger partial charge in [-0.05, 0) is 24.3 Å². The predicted octanol–water partition coefficient (Wildman–Crippen LogP) is 1.06. The van der Waals surface area contributed by atoms with Crippen molar-refractivity contribution in [3.05, 3.63) is 42.4 Å². The highest BCUT2D eigenvalue weighted by atomic mass is 32.2. The van der Waals surface area contributed by atoms with Crippen molar-refractivity contribution in [1.29, 1.82) is 0 Å². The van der Waals surface area contributed by atoms with Gasteiger partial charge < -0.3 is 13.9 Å². The number of hydrogen-bond donors (Lipinski definition) is 2. The first kappa shape index (κ1) is 15.4. The monoisotopic (exact) mass is 338 g/mol. The molecule has 0 saturated carbocycles. The van der Waals surface area contributed by atoms with E-state index < -0.39 is 15.9 Å². The van der Waals surface area contributed by atoms with E-state index in [4.69, 9.17) is 13.9 Å². The Morgan fingerprint density at radius 2 is 1.87 bits per heavy atom. The third-order valence-corrected chi connectivity index (χ3v) is 4.32. The number of amides is 1. The van der Waals surface area contributed by atoms with Crippen molar-refractivity contribution in [3.8, 4) is 11.5 Å². The quantitative estimate of drug-likeness (QED) is 0.808. The van der Waals surface area contributed by atoms with E-state index in [9.17, 15) is 13.2 Å². The number of nitrogens with one attached hydrogen (secondary N) is 2. The van der Waals surface area contributed by atoms with E-state index in [2.05, 4.69) is 5.43 Å². The summed E-state index contributed by atoms with van der Waals surface area (Å²) >= 11 is 0. The minimum atomic E-state index is -3.95. The number of carbonyl (C=O) groups excluding carboxylic acids is 1. The molecule has 2 N–H and O–H groups in total. The van der Waals surface area contributed by atoms with E-state index in [-0.39, 0.29) is 10.7 Å². The zero-order valence-electron chi connectivity index (χ0n) is 11.9. The molecule has 2 heterocycles. The van der Waals surface area contributed by atoms with Gasteiger partial charge in [-0.25, -0.2) is 8.42 Å². The smallest absolute Gasteiger partial charge is 0.301 e. The molecule has 1 aliphatic heterocycles. The average molecular weight is 338 g/mol. The molecule has 0 aliphatic carbocycles. The summed E-state index contributed by atoms with van der Waals surface area (Å²) in [6, 6.07) is 7.17. The molecular weight excluding hydrogens is 324 g/mol. The Morgan fingerprint density at radius 3 is 2.61 bits per heavy atom. The zero-order valence-corrected chi connectivity index (χ0v) is 12.8. The van der Waals surface area contributed by atoms with Crippen LogP contribution in [0.15, 0.2) is 45.9 Å². The topological polar surface area (TPSA) is 107 Å². The molecule has 23 heavy (non-hydrogen) atoms. The van der Waals surface area contributed by atoms with Crippen LogP contribution in [-0.2, 0) is 10.0 Å². The maximum Gasteiger partial charge on any atom is 0.301 e. The van der Waals surface area contributed by atoms with Gasteiger partial charge in [-0.2, -0.15) is 0 Å². The van der Waals surface area contributed by atoms with Crippen molar-refractivity contribution < 1.29 is 27.1 Å². The minimum Gasteiger partial charge on any atom is -0.490 e. The fourth-order valence-electron chi connectivity index (χ4n) is 1.95. The van der Waals surface area contributed by atoms with Crippen molar-refractivity contribution in [1.82, 2.24) is 10.3 Å². The highest BCUT2D eigenvalue weighted by Crippen LogP contribution is 2.31. The SMILES string of the molecule is O=C(NNS(=O)(=O)c1ccc2c(c1)OCCCO2)c1ccco1.